The highest BCUT2D eigenvalue weighted by Gasteiger charge is 2.31. The molecular formula is C12H16ClN3O3. The van der Waals surface area contributed by atoms with E-state index in [4.69, 9.17) is 11.6 Å². The van der Waals surface area contributed by atoms with Crippen LogP contribution in [0.2, 0.25) is 0 Å². The minimum atomic E-state index is -0.501. The zero-order chi connectivity index (χ0) is 14.2. The fourth-order valence-electron chi connectivity index (χ4n) is 2.27. The number of rotatable bonds is 2. The number of nitrogens with zero attached hydrogens (tertiary/aromatic N) is 3. The Kier molecular flexibility index (Phi) is 3.80. The number of carbonyl (C=O) groups excluding carboxylic acids is 1. The number of aromatic nitrogens is 1. The van der Waals surface area contributed by atoms with E-state index in [-0.39, 0.29) is 17.1 Å². The van der Waals surface area contributed by atoms with Crippen LogP contribution in [-0.4, -0.2) is 38.8 Å². The summed E-state index contributed by atoms with van der Waals surface area (Å²) in [5.41, 5.74) is 0.324. The van der Waals surface area contributed by atoms with E-state index in [1.165, 1.54) is 23.7 Å². The number of alkyl halides is 1. The molecule has 7 heteroatoms. The lowest BCUT2D eigenvalue weighted by molar-refractivity contribution is -0.391. The van der Waals surface area contributed by atoms with Crippen molar-refractivity contribution >= 4 is 23.3 Å². The van der Waals surface area contributed by atoms with Crippen molar-refractivity contribution in [1.82, 2.24) is 9.47 Å². The highest BCUT2D eigenvalue weighted by atomic mass is 35.5. The molecule has 1 fully saturated rings. The number of amides is 1. The molecule has 0 radical (unpaired) electrons. The van der Waals surface area contributed by atoms with Crippen molar-refractivity contribution in [3.05, 3.63) is 27.9 Å². The Morgan fingerprint density at radius 1 is 1.53 bits per heavy atom. The Balaban J connectivity index is 2.18. The van der Waals surface area contributed by atoms with Crippen LogP contribution >= 0.6 is 11.6 Å². The van der Waals surface area contributed by atoms with Gasteiger partial charge in [0.2, 0.25) is 0 Å². The van der Waals surface area contributed by atoms with Gasteiger partial charge < -0.3 is 15.0 Å². The van der Waals surface area contributed by atoms with E-state index in [9.17, 15) is 14.9 Å². The minimum absolute atomic E-state index is 0.0621. The van der Waals surface area contributed by atoms with E-state index in [0.29, 0.717) is 24.7 Å². The third-order valence-corrected chi connectivity index (χ3v) is 4.22. The van der Waals surface area contributed by atoms with Crippen LogP contribution in [0.1, 0.15) is 23.8 Å². The molecule has 2 unspecified atom stereocenters. The average Bonchev–Trinajstić information content (AvgIpc) is 2.74. The summed E-state index contributed by atoms with van der Waals surface area (Å²) in [6.07, 6.45) is 0.854. The third-order valence-electron chi connectivity index (χ3n) is 3.66. The first-order valence-electron chi connectivity index (χ1n) is 6.15. The SMILES string of the molecule is CC1CCN(C(=O)c2ccc([N+](=O)[O-])n2C)CC1Cl. The molecule has 0 aliphatic carbocycles. The normalized spacial score (nSPS) is 23.4. The first kappa shape index (κ1) is 13.9. The van der Waals surface area contributed by atoms with Gasteiger partial charge in [0.1, 0.15) is 0 Å². The van der Waals surface area contributed by atoms with Crippen LogP contribution in [0.15, 0.2) is 12.1 Å². The van der Waals surface area contributed by atoms with Crippen LogP contribution in [0.25, 0.3) is 0 Å². The van der Waals surface area contributed by atoms with Crippen LogP contribution in [0.4, 0.5) is 5.82 Å². The van der Waals surface area contributed by atoms with Gasteiger partial charge in [0.25, 0.3) is 5.91 Å². The molecule has 2 rings (SSSR count). The molecule has 104 valence electrons. The smallest absolute Gasteiger partial charge is 0.323 e. The maximum Gasteiger partial charge on any atom is 0.323 e. The predicted molar refractivity (Wildman–Crippen MR) is 71.4 cm³/mol. The quantitative estimate of drug-likeness (QED) is 0.474. The summed E-state index contributed by atoms with van der Waals surface area (Å²) in [6, 6.07) is 2.83. The standard InChI is InChI=1S/C12H16ClN3O3/c1-8-5-6-15(7-9(8)13)12(17)10-3-4-11(14(10)2)16(18)19/h3-4,8-9H,5-7H2,1-2H3. The van der Waals surface area contributed by atoms with E-state index in [1.54, 1.807) is 4.90 Å². The molecule has 1 aromatic rings. The third kappa shape index (κ3) is 2.58. The van der Waals surface area contributed by atoms with Crippen LogP contribution in [0, 0.1) is 16.0 Å². The van der Waals surface area contributed by atoms with E-state index in [2.05, 4.69) is 6.92 Å². The molecule has 2 atom stereocenters. The lowest BCUT2D eigenvalue weighted by Crippen LogP contribution is -2.44. The van der Waals surface area contributed by atoms with Crippen molar-refractivity contribution in [3.63, 3.8) is 0 Å². The van der Waals surface area contributed by atoms with Gasteiger partial charge in [-0.1, -0.05) is 6.92 Å². The van der Waals surface area contributed by atoms with E-state index in [0.717, 1.165) is 6.42 Å². The van der Waals surface area contributed by atoms with Crippen LogP contribution in [-0.2, 0) is 7.05 Å². The fraction of sp³-hybridized carbons (Fsp3) is 0.583. The van der Waals surface area contributed by atoms with Gasteiger partial charge in [-0.15, -0.1) is 11.6 Å². The molecule has 1 saturated heterocycles. The molecule has 0 bridgehead atoms. The first-order chi connectivity index (χ1) is 8.91. The number of carbonyl (C=O) groups is 1. The van der Waals surface area contributed by atoms with Crippen molar-refractivity contribution in [2.75, 3.05) is 13.1 Å². The van der Waals surface area contributed by atoms with Crippen molar-refractivity contribution < 1.29 is 9.72 Å². The summed E-state index contributed by atoms with van der Waals surface area (Å²) in [5.74, 6) is 0.0952. The van der Waals surface area contributed by atoms with E-state index < -0.39 is 4.92 Å². The fourth-order valence-corrected chi connectivity index (χ4v) is 2.56. The van der Waals surface area contributed by atoms with Gasteiger partial charge in [-0.2, -0.15) is 0 Å². The van der Waals surface area contributed by atoms with Crippen LogP contribution in [0.3, 0.4) is 0 Å². The molecule has 0 aromatic carbocycles. The van der Waals surface area contributed by atoms with Gasteiger partial charge in [0, 0.05) is 19.2 Å². The largest absolute Gasteiger partial charge is 0.358 e. The molecule has 1 aliphatic rings. The van der Waals surface area contributed by atoms with Gasteiger partial charge in [-0.3, -0.25) is 4.79 Å². The van der Waals surface area contributed by atoms with Crippen LogP contribution in [0.5, 0.6) is 0 Å². The van der Waals surface area contributed by atoms with Crippen molar-refractivity contribution in [2.24, 2.45) is 13.0 Å². The molecule has 2 heterocycles. The zero-order valence-corrected chi connectivity index (χ0v) is 11.6. The summed E-state index contributed by atoms with van der Waals surface area (Å²) in [7, 11) is 1.52. The van der Waals surface area contributed by atoms with Crippen LogP contribution < -0.4 is 0 Å². The second kappa shape index (κ2) is 5.21. The van der Waals surface area contributed by atoms with Gasteiger partial charge in [-0.25, -0.2) is 4.57 Å². The summed E-state index contributed by atoms with van der Waals surface area (Å²) in [4.78, 5) is 24.3. The molecule has 0 N–H and O–H groups in total. The van der Waals surface area contributed by atoms with E-state index in [1.807, 2.05) is 0 Å². The number of hydrogen-bond acceptors (Lipinski definition) is 3. The van der Waals surface area contributed by atoms with Crippen molar-refractivity contribution in [2.45, 2.75) is 18.7 Å². The van der Waals surface area contributed by atoms with Gasteiger partial charge in [0.05, 0.1) is 12.4 Å². The highest BCUT2D eigenvalue weighted by molar-refractivity contribution is 6.21. The second-order valence-corrected chi connectivity index (χ2v) is 5.49. The lowest BCUT2D eigenvalue weighted by atomic mass is 9.98. The first-order valence-corrected chi connectivity index (χ1v) is 6.59. The zero-order valence-electron chi connectivity index (χ0n) is 10.9. The highest BCUT2D eigenvalue weighted by Crippen LogP contribution is 2.24. The maximum absolute atomic E-state index is 12.3. The summed E-state index contributed by atoms with van der Waals surface area (Å²) in [6.45, 7) is 3.19. The van der Waals surface area contributed by atoms with Gasteiger partial charge >= 0.3 is 5.82 Å². The number of nitro groups is 1. The van der Waals surface area contributed by atoms with E-state index >= 15 is 0 Å². The number of piperidine rings is 1. The molecule has 19 heavy (non-hydrogen) atoms. The number of halogens is 1. The molecule has 1 aromatic heterocycles. The Bertz CT molecular complexity index is 514. The monoisotopic (exact) mass is 285 g/mol. The topological polar surface area (TPSA) is 68.4 Å². The Labute approximate surface area is 116 Å². The summed E-state index contributed by atoms with van der Waals surface area (Å²) >= 11 is 6.18. The average molecular weight is 286 g/mol. The van der Waals surface area contributed by atoms with Gasteiger partial charge in [0.15, 0.2) is 5.69 Å². The molecule has 0 saturated carbocycles. The maximum atomic E-state index is 12.3. The van der Waals surface area contributed by atoms with Crippen molar-refractivity contribution in [1.29, 1.82) is 0 Å². The molecule has 1 amide bonds. The molecule has 1 aliphatic heterocycles. The molecule has 6 nitrogen and oxygen atoms in total. The predicted octanol–water partition coefficient (Wildman–Crippen LogP) is 2.02. The van der Waals surface area contributed by atoms with Crippen molar-refractivity contribution in [3.8, 4) is 0 Å². The Morgan fingerprint density at radius 2 is 2.21 bits per heavy atom. The summed E-state index contributed by atoms with van der Waals surface area (Å²) in [5, 5.41) is 10.7. The number of hydrogen-bond donors (Lipinski definition) is 0. The summed E-state index contributed by atoms with van der Waals surface area (Å²) < 4.78 is 1.31. The minimum Gasteiger partial charge on any atom is -0.358 e. The molecular weight excluding hydrogens is 270 g/mol. The van der Waals surface area contributed by atoms with Gasteiger partial charge in [-0.05, 0) is 23.3 Å². The second-order valence-electron chi connectivity index (χ2n) is 4.93. The Hall–Kier alpha value is -1.56. The number of likely N-dealkylation sites (tertiary alicyclic amines) is 1. The Morgan fingerprint density at radius 3 is 2.74 bits per heavy atom. The molecule has 0 spiro atoms. The lowest BCUT2D eigenvalue weighted by Gasteiger charge is -2.33.